The van der Waals surface area contributed by atoms with Crippen molar-refractivity contribution in [1.82, 2.24) is 10.2 Å². The first-order chi connectivity index (χ1) is 11.0. The van der Waals surface area contributed by atoms with Crippen molar-refractivity contribution in [2.24, 2.45) is 11.8 Å². The van der Waals surface area contributed by atoms with E-state index >= 15 is 0 Å². The average Bonchev–Trinajstić information content (AvgIpc) is 3.25. The minimum atomic E-state index is -0.722. The number of nitrogens with zero attached hydrogens (tertiary/aromatic N) is 2. The fourth-order valence-electron chi connectivity index (χ4n) is 3.55. The highest BCUT2D eigenvalue weighted by Gasteiger charge is 2.43. The zero-order valence-electron chi connectivity index (χ0n) is 13.9. The maximum atomic E-state index is 12.5. The maximum Gasteiger partial charge on any atom is 0.235 e. The summed E-state index contributed by atoms with van der Waals surface area (Å²) in [5.74, 6) is 1.79. The first kappa shape index (κ1) is 16.1. The second-order valence-electron chi connectivity index (χ2n) is 7.27. The Labute approximate surface area is 137 Å². The first-order valence-corrected chi connectivity index (χ1v) is 8.51. The number of amides is 1. The average molecular weight is 315 g/mol. The van der Waals surface area contributed by atoms with Gasteiger partial charge in [0.15, 0.2) is 0 Å². The number of nitrogens with one attached hydrogen (secondary N) is 1. The predicted octanol–water partition coefficient (Wildman–Crippen LogP) is 2.86. The Morgan fingerprint density at radius 2 is 2.30 bits per heavy atom. The molecule has 0 spiro atoms. The van der Waals surface area contributed by atoms with Crippen LogP contribution in [0.3, 0.4) is 0 Å². The van der Waals surface area contributed by atoms with Gasteiger partial charge in [0.2, 0.25) is 5.91 Å². The molecular formula is C18H25N3O2. The lowest BCUT2D eigenvalue weighted by molar-refractivity contribution is -0.125. The Kier molecular flexibility index (Phi) is 4.45. The molecule has 1 aromatic rings. The van der Waals surface area contributed by atoms with Crippen molar-refractivity contribution in [1.29, 1.82) is 5.26 Å². The minimum Gasteiger partial charge on any atom is -0.468 e. The zero-order valence-corrected chi connectivity index (χ0v) is 13.9. The van der Waals surface area contributed by atoms with E-state index in [0.29, 0.717) is 18.4 Å². The van der Waals surface area contributed by atoms with E-state index in [1.165, 1.54) is 0 Å². The topological polar surface area (TPSA) is 69.3 Å². The van der Waals surface area contributed by atoms with E-state index in [9.17, 15) is 10.1 Å². The summed E-state index contributed by atoms with van der Waals surface area (Å²) in [6.07, 6.45) is 5.83. The van der Waals surface area contributed by atoms with Crippen LogP contribution in [0.5, 0.6) is 0 Å². The molecule has 0 radical (unpaired) electrons. The number of hydrogen-bond donors (Lipinski definition) is 1. The molecule has 0 aromatic carbocycles. The molecule has 5 nitrogen and oxygen atoms in total. The molecule has 5 heteroatoms. The zero-order chi connectivity index (χ0) is 16.4. The molecule has 1 aliphatic carbocycles. The monoisotopic (exact) mass is 315 g/mol. The smallest absolute Gasteiger partial charge is 0.235 e. The van der Waals surface area contributed by atoms with Crippen LogP contribution in [-0.2, 0) is 4.79 Å². The number of carbonyl (C=O) groups excluding carboxylic acids is 1. The van der Waals surface area contributed by atoms with Crippen LogP contribution in [0.1, 0.15) is 51.3 Å². The van der Waals surface area contributed by atoms with Crippen LogP contribution in [0.4, 0.5) is 0 Å². The van der Waals surface area contributed by atoms with Gasteiger partial charge in [0, 0.05) is 0 Å². The van der Waals surface area contributed by atoms with Crippen molar-refractivity contribution in [3.63, 3.8) is 0 Å². The highest BCUT2D eigenvalue weighted by molar-refractivity contribution is 5.79. The third-order valence-electron chi connectivity index (χ3n) is 5.22. The van der Waals surface area contributed by atoms with Gasteiger partial charge in [-0.25, -0.2) is 0 Å². The SMILES string of the molecule is C[C@@H]1CCN(CC(=O)N[C@](C)(C#N)C2CC2)[C@@H](c2ccco2)C1. The van der Waals surface area contributed by atoms with Crippen LogP contribution in [0, 0.1) is 23.2 Å². The van der Waals surface area contributed by atoms with Gasteiger partial charge in [0.25, 0.3) is 0 Å². The Hall–Kier alpha value is -1.80. The largest absolute Gasteiger partial charge is 0.468 e. The van der Waals surface area contributed by atoms with E-state index in [1.54, 1.807) is 6.26 Å². The second kappa shape index (κ2) is 6.37. The fourth-order valence-corrected chi connectivity index (χ4v) is 3.55. The molecule has 3 atom stereocenters. The number of likely N-dealkylation sites (tertiary alicyclic amines) is 1. The van der Waals surface area contributed by atoms with Crippen LogP contribution in [0.2, 0.25) is 0 Å². The van der Waals surface area contributed by atoms with Crippen molar-refractivity contribution in [3.05, 3.63) is 24.2 Å². The number of carbonyl (C=O) groups is 1. The molecule has 2 heterocycles. The second-order valence-corrected chi connectivity index (χ2v) is 7.27. The van der Waals surface area contributed by atoms with Crippen LogP contribution >= 0.6 is 0 Å². The lowest BCUT2D eigenvalue weighted by Gasteiger charge is -2.37. The van der Waals surface area contributed by atoms with Crippen molar-refractivity contribution >= 4 is 5.91 Å². The van der Waals surface area contributed by atoms with Crippen molar-refractivity contribution < 1.29 is 9.21 Å². The number of piperidine rings is 1. The molecule has 1 saturated heterocycles. The van der Waals surface area contributed by atoms with E-state index in [4.69, 9.17) is 4.42 Å². The molecule has 3 rings (SSSR count). The molecule has 1 amide bonds. The highest BCUT2D eigenvalue weighted by atomic mass is 16.3. The summed E-state index contributed by atoms with van der Waals surface area (Å²) in [4.78, 5) is 14.7. The van der Waals surface area contributed by atoms with E-state index in [0.717, 1.165) is 38.0 Å². The predicted molar refractivity (Wildman–Crippen MR) is 86.3 cm³/mol. The van der Waals surface area contributed by atoms with Gasteiger partial charge in [-0.1, -0.05) is 6.92 Å². The summed E-state index contributed by atoms with van der Waals surface area (Å²) in [6, 6.07) is 6.31. The van der Waals surface area contributed by atoms with Gasteiger partial charge in [0.1, 0.15) is 11.3 Å². The molecule has 124 valence electrons. The summed E-state index contributed by atoms with van der Waals surface area (Å²) in [5, 5.41) is 12.4. The summed E-state index contributed by atoms with van der Waals surface area (Å²) in [7, 11) is 0. The quantitative estimate of drug-likeness (QED) is 0.907. The molecule has 1 aliphatic heterocycles. The Morgan fingerprint density at radius 3 is 2.91 bits per heavy atom. The summed E-state index contributed by atoms with van der Waals surface area (Å²) in [6.45, 7) is 5.28. The van der Waals surface area contributed by atoms with Crippen molar-refractivity contribution in [2.45, 2.75) is 51.1 Å². The third kappa shape index (κ3) is 3.59. The van der Waals surface area contributed by atoms with Gasteiger partial charge < -0.3 is 9.73 Å². The fraction of sp³-hybridized carbons (Fsp3) is 0.667. The molecule has 1 N–H and O–H groups in total. The molecule has 0 bridgehead atoms. The standard InChI is InChI=1S/C18H25N3O2/c1-13-7-8-21(15(10-13)16-4-3-9-23-16)11-17(22)20-18(2,12-19)14-5-6-14/h3-4,9,13-15H,5-8,10-11H2,1-2H3,(H,20,22)/t13-,15-,18-/m1/s1. The Bertz CT molecular complexity index is 588. The van der Waals surface area contributed by atoms with Crippen LogP contribution < -0.4 is 5.32 Å². The molecule has 2 aliphatic rings. The number of nitriles is 1. The Balaban J connectivity index is 1.65. The van der Waals surface area contributed by atoms with E-state index in [2.05, 4.69) is 23.2 Å². The molecule has 0 unspecified atom stereocenters. The normalized spacial score (nSPS) is 27.9. The lowest BCUT2D eigenvalue weighted by Crippen LogP contribution is -2.51. The van der Waals surface area contributed by atoms with Crippen LogP contribution in [0.15, 0.2) is 22.8 Å². The molecule has 1 saturated carbocycles. The van der Waals surface area contributed by atoms with Crippen molar-refractivity contribution in [3.8, 4) is 6.07 Å². The van der Waals surface area contributed by atoms with E-state index < -0.39 is 5.54 Å². The van der Waals surface area contributed by atoms with Gasteiger partial charge in [-0.2, -0.15) is 5.26 Å². The van der Waals surface area contributed by atoms with Gasteiger partial charge in [-0.05, 0) is 63.1 Å². The van der Waals surface area contributed by atoms with E-state index in [1.807, 2.05) is 19.1 Å². The van der Waals surface area contributed by atoms with E-state index in [-0.39, 0.29) is 11.9 Å². The van der Waals surface area contributed by atoms with Gasteiger partial charge in [-0.15, -0.1) is 0 Å². The lowest BCUT2D eigenvalue weighted by atomic mass is 9.91. The number of hydrogen-bond acceptors (Lipinski definition) is 4. The van der Waals surface area contributed by atoms with Crippen LogP contribution in [-0.4, -0.2) is 29.4 Å². The van der Waals surface area contributed by atoms with Gasteiger partial charge >= 0.3 is 0 Å². The van der Waals surface area contributed by atoms with Crippen molar-refractivity contribution in [2.75, 3.05) is 13.1 Å². The van der Waals surface area contributed by atoms with Gasteiger partial charge in [0.05, 0.1) is 24.9 Å². The first-order valence-electron chi connectivity index (χ1n) is 8.51. The third-order valence-corrected chi connectivity index (χ3v) is 5.22. The summed E-state index contributed by atoms with van der Waals surface area (Å²) < 4.78 is 5.58. The highest BCUT2D eigenvalue weighted by Crippen LogP contribution is 2.39. The number of rotatable bonds is 5. The summed E-state index contributed by atoms with van der Waals surface area (Å²) >= 11 is 0. The molecule has 23 heavy (non-hydrogen) atoms. The van der Waals surface area contributed by atoms with Crippen LogP contribution in [0.25, 0.3) is 0 Å². The molecular weight excluding hydrogens is 290 g/mol. The molecule has 1 aromatic heterocycles. The maximum absolute atomic E-state index is 12.5. The van der Waals surface area contributed by atoms with Gasteiger partial charge in [-0.3, -0.25) is 9.69 Å². The summed E-state index contributed by atoms with van der Waals surface area (Å²) in [5.41, 5.74) is -0.722. The Morgan fingerprint density at radius 1 is 1.52 bits per heavy atom. The number of furan rings is 1. The minimum absolute atomic E-state index is 0.0629. The molecule has 2 fully saturated rings.